The fourth-order valence-electron chi connectivity index (χ4n) is 3.69. The van der Waals surface area contributed by atoms with Crippen LogP contribution in [0.1, 0.15) is 35.7 Å². The van der Waals surface area contributed by atoms with Gasteiger partial charge in [-0.15, -0.1) is 24.8 Å². The van der Waals surface area contributed by atoms with E-state index in [1.807, 2.05) is 48.3 Å². The van der Waals surface area contributed by atoms with Gasteiger partial charge in [0.15, 0.2) is 0 Å². The van der Waals surface area contributed by atoms with Gasteiger partial charge in [-0.25, -0.2) is 4.98 Å². The van der Waals surface area contributed by atoms with Crippen LogP contribution in [-0.2, 0) is 25.3 Å². The quantitative estimate of drug-likeness (QED) is 0.826. The Bertz CT molecular complexity index is 772. The fraction of sp³-hybridized carbons (Fsp3) is 0.611. The Morgan fingerprint density at radius 2 is 2.04 bits per heavy atom. The van der Waals surface area contributed by atoms with E-state index in [4.69, 9.17) is 0 Å². The van der Waals surface area contributed by atoms with Crippen molar-refractivity contribution in [3.05, 3.63) is 35.2 Å². The van der Waals surface area contributed by atoms with E-state index < -0.39 is 0 Å². The third kappa shape index (κ3) is 4.65. The van der Waals surface area contributed by atoms with Crippen LogP contribution in [0.15, 0.2) is 12.4 Å². The summed E-state index contributed by atoms with van der Waals surface area (Å²) in [6, 6.07) is -0.0141. The summed E-state index contributed by atoms with van der Waals surface area (Å²) in [5.41, 5.74) is 3.34. The van der Waals surface area contributed by atoms with E-state index >= 15 is 0 Å². The molecule has 0 spiro atoms. The van der Waals surface area contributed by atoms with E-state index in [-0.39, 0.29) is 42.7 Å². The largest absolute Gasteiger partial charge is 0.336 e. The highest BCUT2D eigenvalue weighted by Crippen LogP contribution is 2.25. The molecule has 1 saturated heterocycles. The van der Waals surface area contributed by atoms with Gasteiger partial charge in [0, 0.05) is 57.7 Å². The molecule has 2 aromatic rings. The summed E-state index contributed by atoms with van der Waals surface area (Å²) in [6.07, 6.45) is 4.44. The molecule has 0 aromatic carbocycles. The normalized spacial score (nSPS) is 17.8. The molecule has 0 radical (unpaired) electrons. The summed E-state index contributed by atoms with van der Waals surface area (Å²) in [5, 5.41) is 7.86. The molecule has 9 heteroatoms. The van der Waals surface area contributed by atoms with Crippen molar-refractivity contribution >= 4 is 30.7 Å². The molecule has 1 aliphatic rings. The number of imidazole rings is 1. The summed E-state index contributed by atoms with van der Waals surface area (Å²) in [5.74, 6) is 1.04. The third-order valence-electron chi connectivity index (χ3n) is 5.27. The summed E-state index contributed by atoms with van der Waals surface area (Å²) in [7, 11) is 3.93. The maximum absolute atomic E-state index is 13.2. The van der Waals surface area contributed by atoms with Crippen molar-refractivity contribution in [2.24, 2.45) is 20.0 Å². The van der Waals surface area contributed by atoms with Crippen LogP contribution in [0.4, 0.5) is 0 Å². The molecular weight excluding hydrogens is 387 g/mol. The minimum Gasteiger partial charge on any atom is -0.336 e. The number of rotatable bonds is 4. The molecule has 2 aromatic heterocycles. The lowest BCUT2D eigenvalue weighted by Crippen LogP contribution is -2.51. The van der Waals surface area contributed by atoms with E-state index in [0.29, 0.717) is 6.54 Å². The van der Waals surface area contributed by atoms with Crippen molar-refractivity contribution in [3.63, 3.8) is 0 Å². The fourth-order valence-corrected chi connectivity index (χ4v) is 3.69. The van der Waals surface area contributed by atoms with Gasteiger partial charge in [0.2, 0.25) is 5.91 Å². The lowest BCUT2D eigenvalue weighted by atomic mass is 9.97. The van der Waals surface area contributed by atoms with Crippen LogP contribution in [0, 0.1) is 19.8 Å². The minimum absolute atomic E-state index is 0. The molecule has 1 amide bonds. The highest BCUT2D eigenvalue weighted by Gasteiger charge is 2.33. The number of hydrogen-bond acceptors (Lipinski definition) is 4. The number of nitrogens with zero attached hydrogens (tertiary/aromatic N) is 5. The number of hydrogen-bond donors (Lipinski definition) is 1. The van der Waals surface area contributed by atoms with Gasteiger partial charge in [0.25, 0.3) is 0 Å². The molecular formula is C18H30Cl2N6O. The van der Waals surface area contributed by atoms with Crippen LogP contribution in [0.5, 0.6) is 0 Å². The highest BCUT2D eigenvalue weighted by atomic mass is 35.5. The van der Waals surface area contributed by atoms with Crippen molar-refractivity contribution < 1.29 is 4.79 Å². The second kappa shape index (κ2) is 9.57. The number of carbonyl (C=O) groups is 1. The zero-order valence-electron chi connectivity index (χ0n) is 16.6. The second-order valence-electron chi connectivity index (χ2n) is 7.03. The molecule has 152 valence electrons. The molecule has 27 heavy (non-hydrogen) atoms. The molecule has 0 aliphatic carbocycles. The predicted octanol–water partition coefficient (Wildman–Crippen LogP) is 1.97. The average molecular weight is 417 g/mol. The number of nitrogens with one attached hydrogen (secondary N) is 1. The van der Waals surface area contributed by atoms with Gasteiger partial charge in [0.1, 0.15) is 11.9 Å². The van der Waals surface area contributed by atoms with Crippen LogP contribution in [0.25, 0.3) is 0 Å². The first-order valence-corrected chi connectivity index (χ1v) is 8.87. The number of piperazine rings is 1. The smallest absolute Gasteiger partial charge is 0.226 e. The topological polar surface area (TPSA) is 68.0 Å². The SMILES string of the molecule is Cc1nn(C)c(C)c1CC(C)C(=O)N1CCNCC1c1nccn1C.Cl.Cl. The van der Waals surface area contributed by atoms with E-state index in [1.54, 1.807) is 6.20 Å². The summed E-state index contributed by atoms with van der Waals surface area (Å²) < 4.78 is 3.89. The maximum Gasteiger partial charge on any atom is 0.226 e. The number of carbonyl (C=O) groups excluding carboxylic acids is 1. The predicted molar refractivity (Wildman–Crippen MR) is 111 cm³/mol. The maximum atomic E-state index is 13.2. The number of aryl methyl sites for hydroxylation is 3. The average Bonchev–Trinajstić information content (AvgIpc) is 3.12. The van der Waals surface area contributed by atoms with Gasteiger partial charge in [-0.3, -0.25) is 9.48 Å². The van der Waals surface area contributed by atoms with Crippen LogP contribution in [-0.4, -0.2) is 49.8 Å². The molecule has 0 saturated carbocycles. The van der Waals surface area contributed by atoms with Gasteiger partial charge in [-0.2, -0.15) is 5.10 Å². The molecule has 2 atom stereocenters. The number of amides is 1. The van der Waals surface area contributed by atoms with Gasteiger partial charge in [-0.1, -0.05) is 6.92 Å². The summed E-state index contributed by atoms with van der Waals surface area (Å²) >= 11 is 0. The third-order valence-corrected chi connectivity index (χ3v) is 5.27. The molecule has 0 bridgehead atoms. The van der Waals surface area contributed by atoms with Crippen LogP contribution < -0.4 is 5.32 Å². The standard InChI is InChI=1S/C18H28N6O.2ClH/c1-12(10-15-13(2)21-23(5)14(15)3)18(25)24-9-6-19-11-16(24)17-20-7-8-22(17)4;;/h7-8,12,16,19H,6,9-11H2,1-5H3;2*1H. The Morgan fingerprint density at radius 3 is 2.59 bits per heavy atom. The van der Waals surface area contributed by atoms with Gasteiger partial charge in [0.05, 0.1) is 5.69 Å². The first-order chi connectivity index (χ1) is 11.9. The Hall–Kier alpha value is -1.57. The second-order valence-corrected chi connectivity index (χ2v) is 7.03. The Morgan fingerprint density at radius 1 is 1.33 bits per heavy atom. The molecule has 1 fully saturated rings. The monoisotopic (exact) mass is 416 g/mol. The van der Waals surface area contributed by atoms with Crippen molar-refractivity contribution in [2.75, 3.05) is 19.6 Å². The van der Waals surface area contributed by atoms with Crippen molar-refractivity contribution in [2.45, 2.75) is 33.2 Å². The Labute approximate surface area is 173 Å². The van der Waals surface area contributed by atoms with Crippen LogP contribution >= 0.6 is 24.8 Å². The van der Waals surface area contributed by atoms with E-state index in [9.17, 15) is 4.79 Å². The lowest BCUT2D eigenvalue weighted by molar-refractivity contribution is -0.138. The molecule has 1 N–H and O–H groups in total. The van der Waals surface area contributed by atoms with Gasteiger partial charge >= 0.3 is 0 Å². The van der Waals surface area contributed by atoms with Crippen molar-refractivity contribution in [3.8, 4) is 0 Å². The zero-order valence-corrected chi connectivity index (χ0v) is 18.2. The molecule has 7 nitrogen and oxygen atoms in total. The number of aromatic nitrogens is 4. The number of halogens is 2. The Balaban J connectivity index is 0.00000182. The van der Waals surface area contributed by atoms with Crippen LogP contribution in [0.3, 0.4) is 0 Å². The van der Waals surface area contributed by atoms with E-state index in [1.165, 1.54) is 5.56 Å². The minimum atomic E-state index is -0.0810. The van der Waals surface area contributed by atoms with Crippen molar-refractivity contribution in [1.82, 2.24) is 29.5 Å². The summed E-state index contributed by atoms with van der Waals surface area (Å²) in [4.78, 5) is 19.6. The first-order valence-electron chi connectivity index (χ1n) is 8.87. The van der Waals surface area contributed by atoms with Gasteiger partial charge in [-0.05, 0) is 25.8 Å². The van der Waals surface area contributed by atoms with Crippen molar-refractivity contribution in [1.29, 1.82) is 0 Å². The van der Waals surface area contributed by atoms with E-state index in [2.05, 4.69) is 22.3 Å². The molecule has 3 rings (SSSR count). The first kappa shape index (κ1) is 23.5. The Kier molecular flexibility index (Phi) is 8.32. The molecule has 2 unspecified atom stereocenters. The zero-order chi connectivity index (χ0) is 18.1. The van der Waals surface area contributed by atoms with E-state index in [0.717, 1.165) is 36.7 Å². The van der Waals surface area contributed by atoms with Gasteiger partial charge < -0.3 is 14.8 Å². The lowest BCUT2D eigenvalue weighted by Gasteiger charge is -2.37. The molecule has 1 aliphatic heterocycles. The van der Waals surface area contributed by atoms with Crippen LogP contribution in [0.2, 0.25) is 0 Å². The molecule has 3 heterocycles. The highest BCUT2D eigenvalue weighted by molar-refractivity contribution is 5.85. The summed E-state index contributed by atoms with van der Waals surface area (Å²) in [6.45, 7) is 8.38.